The number of aryl methyl sites for hydroxylation is 1. The average Bonchev–Trinajstić information content (AvgIpc) is 3.09. The number of amides is 1. The molecule has 1 aromatic heterocycles. The van der Waals surface area contributed by atoms with E-state index in [1.807, 2.05) is 42.5 Å². The summed E-state index contributed by atoms with van der Waals surface area (Å²) in [5, 5.41) is 4.18. The van der Waals surface area contributed by atoms with Crippen molar-refractivity contribution in [3.05, 3.63) is 81.7 Å². The van der Waals surface area contributed by atoms with Gasteiger partial charge in [0.2, 0.25) is 0 Å². The number of carbonyl (C=O) groups excluding carboxylic acids is 1. The van der Waals surface area contributed by atoms with Crippen LogP contribution in [0.2, 0.25) is 0 Å². The lowest BCUT2D eigenvalue weighted by molar-refractivity contribution is 0.102. The van der Waals surface area contributed by atoms with Gasteiger partial charge < -0.3 is 10.1 Å². The lowest BCUT2D eigenvalue weighted by Crippen LogP contribution is -2.35. The first kappa shape index (κ1) is 21.6. The van der Waals surface area contributed by atoms with Crippen molar-refractivity contribution in [2.75, 3.05) is 25.5 Å². The van der Waals surface area contributed by atoms with E-state index in [9.17, 15) is 4.79 Å². The molecule has 3 aromatic rings. The van der Waals surface area contributed by atoms with Gasteiger partial charge in [0.05, 0.1) is 13.2 Å². The topological polar surface area (TPSA) is 41.6 Å². The maximum atomic E-state index is 13.0. The molecule has 31 heavy (non-hydrogen) atoms. The molecule has 4 rings (SSSR count). The van der Waals surface area contributed by atoms with Crippen LogP contribution in [0.15, 0.2) is 54.6 Å². The Bertz CT molecular complexity index is 1020. The van der Waals surface area contributed by atoms with Crippen LogP contribution >= 0.6 is 11.3 Å². The predicted octanol–water partition coefficient (Wildman–Crippen LogP) is 6.20. The summed E-state index contributed by atoms with van der Waals surface area (Å²) < 4.78 is 5.38. The van der Waals surface area contributed by atoms with E-state index < -0.39 is 0 Å². The Kier molecular flexibility index (Phi) is 6.73. The maximum Gasteiger partial charge on any atom is 0.256 e. The minimum Gasteiger partial charge on any atom is -0.497 e. The second-order valence-electron chi connectivity index (χ2n) is 8.12. The van der Waals surface area contributed by atoms with Crippen LogP contribution in [-0.4, -0.2) is 31.0 Å². The van der Waals surface area contributed by atoms with Crippen LogP contribution in [0.5, 0.6) is 5.75 Å². The molecule has 0 aliphatic carbocycles. The lowest BCUT2D eigenvalue weighted by atomic mass is 9.93. The molecule has 5 heteroatoms. The Hall–Kier alpha value is -2.63. The summed E-state index contributed by atoms with van der Waals surface area (Å²) >= 11 is 1.68. The van der Waals surface area contributed by atoms with Gasteiger partial charge >= 0.3 is 0 Å². The zero-order valence-corrected chi connectivity index (χ0v) is 19.3. The number of benzene rings is 2. The van der Waals surface area contributed by atoms with E-state index in [1.165, 1.54) is 40.8 Å². The third-order valence-corrected chi connectivity index (χ3v) is 7.29. The number of methoxy groups -OCH3 is 1. The molecule has 1 amide bonds. The molecule has 1 saturated heterocycles. The van der Waals surface area contributed by atoms with E-state index in [2.05, 4.69) is 36.2 Å². The SMILES string of the molecule is COc1ccc([C@H](c2c(NC(=O)c3ccccc3)sc(C)c2C)N2CCCCC2)cc1. The molecule has 4 nitrogen and oxygen atoms in total. The van der Waals surface area contributed by atoms with Gasteiger partial charge in [0.15, 0.2) is 0 Å². The zero-order chi connectivity index (χ0) is 21.8. The van der Waals surface area contributed by atoms with Gasteiger partial charge in [0.25, 0.3) is 5.91 Å². The molecule has 2 aromatic carbocycles. The average molecular weight is 435 g/mol. The predicted molar refractivity (Wildman–Crippen MR) is 128 cm³/mol. The fraction of sp³-hybridized carbons (Fsp3) is 0.346. The molecule has 0 unspecified atom stereocenters. The molecule has 162 valence electrons. The van der Waals surface area contributed by atoms with Gasteiger partial charge in [-0.25, -0.2) is 0 Å². The lowest BCUT2D eigenvalue weighted by Gasteiger charge is -2.36. The summed E-state index contributed by atoms with van der Waals surface area (Å²) in [5.74, 6) is 0.798. The quantitative estimate of drug-likeness (QED) is 0.502. The van der Waals surface area contributed by atoms with E-state index >= 15 is 0 Å². The van der Waals surface area contributed by atoms with Crippen molar-refractivity contribution in [3.63, 3.8) is 0 Å². The Morgan fingerprint density at radius 1 is 1.00 bits per heavy atom. The van der Waals surface area contributed by atoms with Gasteiger partial charge in [0.1, 0.15) is 10.8 Å². The van der Waals surface area contributed by atoms with E-state index in [1.54, 1.807) is 18.4 Å². The molecular formula is C26H30N2O2S. The summed E-state index contributed by atoms with van der Waals surface area (Å²) in [6.45, 7) is 6.46. The van der Waals surface area contributed by atoms with Crippen LogP contribution in [0.25, 0.3) is 0 Å². The molecular weight excluding hydrogens is 404 g/mol. The van der Waals surface area contributed by atoms with Crippen LogP contribution < -0.4 is 10.1 Å². The Morgan fingerprint density at radius 2 is 1.68 bits per heavy atom. The second kappa shape index (κ2) is 9.67. The van der Waals surface area contributed by atoms with Gasteiger partial charge in [-0.1, -0.05) is 36.8 Å². The third-order valence-electron chi connectivity index (χ3n) is 6.16. The fourth-order valence-corrected chi connectivity index (χ4v) is 5.44. The number of nitrogens with zero attached hydrogens (tertiary/aromatic N) is 1. The standard InChI is InChI=1S/C26H30N2O2S/c1-18-19(2)31-26(27-25(29)21-10-6-4-7-11-21)23(18)24(28-16-8-5-9-17-28)20-12-14-22(30-3)15-13-20/h4,6-7,10-15,24H,5,8-9,16-17H2,1-3H3,(H,27,29)/t24-/m1/s1. The van der Waals surface area contributed by atoms with Crippen molar-refractivity contribution in [3.8, 4) is 5.75 Å². The van der Waals surface area contributed by atoms with Crippen LogP contribution in [0.1, 0.15) is 57.2 Å². The highest BCUT2D eigenvalue weighted by molar-refractivity contribution is 7.16. The van der Waals surface area contributed by atoms with Crippen LogP contribution in [-0.2, 0) is 0 Å². The van der Waals surface area contributed by atoms with Gasteiger partial charge in [-0.3, -0.25) is 9.69 Å². The number of anilines is 1. The number of hydrogen-bond donors (Lipinski definition) is 1. The van der Waals surface area contributed by atoms with Crippen molar-refractivity contribution >= 4 is 22.2 Å². The number of nitrogens with one attached hydrogen (secondary N) is 1. The minimum atomic E-state index is -0.0600. The smallest absolute Gasteiger partial charge is 0.256 e. The van der Waals surface area contributed by atoms with Gasteiger partial charge in [-0.05, 0) is 75.2 Å². The number of piperidine rings is 1. The number of thiophene rings is 1. The van der Waals surface area contributed by atoms with E-state index in [0.717, 1.165) is 23.8 Å². The van der Waals surface area contributed by atoms with Crippen molar-refractivity contribution in [2.45, 2.75) is 39.2 Å². The Morgan fingerprint density at radius 3 is 2.32 bits per heavy atom. The molecule has 1 aliphatic rings. The first-order valence-electron chi connectivity index (χ1n) is 10.9. The van der Waals surface area contributed by atoms with E-state index in [0.29, 0.717) is 5.56 Å². The van der Waals surface area contributed by atoms with Crippen molar-refractivity contribution in [1.82, 2.24) is 4.90 Å². The molecule has 1 atom stereocenters. The van der Waals surface area contributed by atoms with Crippen molar-refractivity contribution < 1.29 is 9.53 Å². The first-order chi connectivity index (χ1) is 15.1. The molecule has 1 fully saturated rings. The van der Waals surface area contributed by atoms with Gasteiger partial charge in [-0.15, -0.1) is 11.3 Å². The molecule has 1 aliphatic heterocycles. The van der Waals surface area contributed by atoms with E-state index in [-0.39, 0.29) is 11.9 Å². The molecule has 0 spiro atoms. The summed E-state index contributed by atoms with van der Waals surface area (Å²) in [6, 6.07) is 17.9. The largest absolute Gasteiger partial charge is 0.497 e. The summed E-state index contributed by atoms with van der Waals surface area (Å²) in [5.41, 5.74) is 4.40. The summed E-state index contributed by atoms with van der Waals surface area (Å²) in [7, 11) is 1.70. The normalized spacial score (nSPS) is 15.5. The first-order valence-corrected chi connectivity index (χ1v) is 11.7. The minimum absolute atomic E-state index is 0.0600. The fourth-order valence-electron chi connectivity index (χ4n) is 4.35. The second-order valence-corrected chi connectivity index (χ2v) is 9.34. The highest BCUT2D eigenvalue weighted by Gasteiger charge is 2.30. The van der Waals surface area contributed by atoms with Crippen LogP contribution in [0.3, 0.4) is 0 Å². The third kappa shape index (κ3) is 4.68. The molecule has 1 N–H and O–H groups in total. The van der Waals surface area contributed by atoms with Gasteiger partial charge in [-0.2, -0.15) is 0 Å². The number of carbonyl (C=O) groups is 1. The number of rotatable bonds is 6. The number of hydrogen-bond acceptors (Lipinski definition) is 4. The van der Waals surface area contributed by atoms with Crippen molar-refractivity contribution in [2.24, 2.45) is 0 Å². The van der Waals surface area contributed by atoms with E-state index in [4.69, 9.17) is 4.74 Å². The molecule has 2 heterocycles. The summed E-state index contributed by atoms with van der Waals surface area (Å²) in [4.78, 5) is 16.8. The molecule has 0 radical (unpaired) electrons. The Balaban J connectivity index is 1.75. The number of ether oxygens (including phenoxy) is 1. The van der Waals surface area contributed by atoms with Crippen LogP contribution in [0.4, 0.5) is 5.00 Å². The number of likely N-dealkylation sites (tertiary alicyclic amines) is 1. The highest BCUT2D eigenvalue weighted by atomic mass is 32.1. The highest BCUT2D eigenvalue weighted by Crippen LogP contribution is 2.43. The molecule has 0 bridgehead atoms. The summed E-state index contributed by atoms with van der Waals surface area (Å²) in [6.07, 6.45) is 3.70. The van der Waals surface area contributed by atoms with Crippen LogP contribution in [0, 0.1) is 13.8 Å². The molecule has 0 saturated carbocycles. The maximum absolute atomic E-state index is 13.0. The van der Waals surface area contributed by atoms with Crippen molar-refractivity contribution in [1.29, 1.82) is 0 Å². The zero-order valence-electron chi connectivity index (χ0n) is 18.5. The Labute approximate surface area is 188 Å². The van der Waals surface area contributed by atoms with Gasteiger partial charge in [0, 0.05) is 16.0 Å². The monoisotopic (exact) mass is 434 g/mol.